The van der Waals surface area contributed by atoms with Crippen molar-refractivity contribution in [1.82, 2.24) is 0 Å². The summed E-state index contributed by atoms with van der Waals surface area (Å²) in [6.45, 7) is 3.90. The Morgan fingerprint density at radius 1 is 1.18 bits per heavy atom. The van der Waals surface area contributed by atoms with Gasteiger partial charge in [-0.3, -0.25) is 0 Å². The van der Waals surface area contributed by atoms with Crippen LogP contribution in [0.15, 0.2) is 12.1 Å². The first-order valence-electron chi connectivity index (χ1n) is 3.45. The summed E-state index contributed by atoms with van der Waals surface area (Å²) in [5.41, 5.74) is 2.00. The first-order valence-corrected chi connectivity index (χ1v) is 6.68. The Hall–Kier alpha value is -0.250. The van der Waals surface area contributed by atoms with Crippen LogP contribution in [-0.4, -0.2) is 10.0 Å². The van der Waals surface area contributed by atoms with Crippen LogP contribution in [0.2, 0.25) is 0 Å². The van der Waals surface area contributed by atoms with E-state index in [4.69, 9.17) is 0 Å². The average molecular weight is 263 g/mol. The van der Waals surface area contributed by atoms with Gasteiger partial charge in [-0.15, -0.1) is 0 Å². The second kappa shape index (κ2) is 3.43. The molecule has 0 aliphatic carbocycles. The van der Waals surface area contributed by atoms with E-state index in [2.05, 4.69) is 17.1 Å². The summed E-state index contributed by atoms with van der Waals surface area (Å²) in [6, 6.07) is 4.16. The molecule has 0 fully saturated rings. The molecule has 0 heterocycles. The minimum atomic E-state index is 0.152. The zero-order valence-electron chi connectivity index (χ0n) is 6.98. The zero-order chi connectivity index (χ0) is 8.43. The number of rotatable bonds is 1. The van der Waals surface area contributed by atoms with E-state index in [1.54, 1.807) is 0 Å². The normalized spacial score (nSPS) is 10.5. The summed E-state index contributed by atoms with van der Waals surface area (Å²) in [4.78, 5) is 2.23. The van der Waals surface area contributed by atoms with Crippen molar-refractivity contribution < 1.29 is 26.3 Å². The molecule has 1 aromatic carbocycles. The van der Waals surface area contributed by atoms with Gasteiger partial charge in [0.2, 0.25) is 0 Å². The average Bonchev–Trinajstić information content (AvgIpc) is 1.99. The van der Waals surface area contributed by atoms with Crippen LogP contribution in [0.4, 0.5) is 0 Å². The van der Waals surface area contributed by atoms with Crippen LogP contribution in [-0.2, 0) is 0 Å². The van der Waals surface area contributed by atoms with Gasteiger partial charge in [0.1, 0.15) is 0 Å². The van der Waals surface area contributed by atoms with Gasteiger partial charge >= 0.3 is 77.7 Å². The molecule has 1 aromatic rings. The molecule has 0 saturated heterocycles. The van der Waals surface area contributed by atoms with Gasteiger partial charge in [-0.2, -0.15) is 0 Å². The Morgan fingerprint density at radius 3 is 2.00 bits per heavy atom. The van der Waals surface area contributed by atoms with Crippen molar-refractivity contribution in [3.05, 3.63) is 26.8 Å². The molecule has 0 radical (unpaired) electrons. The van der Waals surface area contributed by atoms with Gasteiger partial charge in [-0.25, -0.2) is 0 Å². The van der Waals surface area contributed by atoms with Crippen molar-refractivity contribution in [2.75, 3.05) is 4.93 Å². The van der Waals surface area contributed by atoms with Crippen LogP contribution in [0.1, 0.15) is 11.1 Å². The van der Waals surface area contributed by atoms with E-state index in [-0.39, 0.29) is 21.2 Å². The van der Waals surface area contributed by atoms with Gasteiger partial charge in [0.25, 0.3) is 0 Å². The van der Waals surface area contributed by atoms with Gasteiger partial charge in [0, 0.05) is 0 Å². The number of alkyl halides is 1. The Labute approximate surface area is 77.7 Å². The van der Waals surface area contributed by atoms with Crippen LogP contribution >= 0.6 is 0 Å². The second-order valence-electron chi connectivity index (χ2n) is 2.58. The SMILES string of the molecule is C[I-]c1cc(C)c(O)c(C)c1. The number of benzene rings is 1. The zero-order valence-corrected chi connectivity index (χ0v) is 9.14. The third-order valence-corrected chi connectivity index (χ3v) is 3.54. The summed E-state index contributed by atoms with van der Waals surface area (Å²) >= 11 is 0.152. The molecule has 0 aliphatic heterocycles. The third-order valence-electron chi connectivity index (χ3n) is 1.67. The van der Waals surface area contributed by atoms with Gasteiger partial charge in [0.05, 0.1) is 0 Å². The molecular formula is C9H12IO-. The minimum absolute atomic E-state index is 0.152. The molecule has 11 heavy (non-hydrogen) atoms. The van der Waals surface area contributed by atoms with Crippen LogP contribution < -0.4 is 21.2 Å². The van der Waals surface area contributed by atoms with E-state index in [1.807, 2.05) is 13.8 Å². The molecular weight excluding hydrogens is 251 g/mol. The Bertz CT molecular complexity index is 245. The van der Waals surface area contributed by atoms with Crippen LogP contribution in [0.3, 0.4) is 0 Å². The maximum atomic E-state index is 9.44. The molecule has 0 unspecified atom stereocenters. The topological polar surface area (TPSA) is 20.2 Å². The molecule has 62 valence electrons. The Kier molecular flexibility index (Phi) is 2.76. The number of phenols is 1. The molecule has 1 nitrogen and oxygen atoms in total. The number of phenolic OH excluding ortho intramolecular Hbond substituents is 1. The van der Waals surface area contributed by atoms with E-state index in [0.29, 0.717) is 5.75 Å². The van der Waals surface area contributed by atoms with E-state index < -0.39 is 0 Å². The fourth-order valence-corrected chi connectivity index (χ4v) is 2.57. The molecule has 0 saturated carbocycles. The van der Waals surface area contributed by atoms with E-state index in [0.717, 1.165) is 11.1 Å². The summed E-state index contributed by atoms with van der Waals surface area (Å²) in [6.07, 6.45) is 0. The molecule has 1 rings (SSSR count). The number of hydrogen-bond donors (Lipinski definition) is 1. The van der Waals surface area contributed by atoms with Crippen molar-refractivity contribution in [3.63, 3.8) is 0 Å². The molecule has 0 amide bonds. The molecule has 0 bridgehead atoms. The van der Waals surface area contributed by atoms with Crippen molar-refractivity contribution in [1.29, 1.82) is 0 Å². The molecule has 1 N–H and O–H groups in total. The van der Waals surface area contributed by atoms with Crippen molar-refractivity contribution >= 4 is 0 Å². The number of hydrogen-bond acceptors (Lipinski definition) is 1. The molecule has 0 atom stereocenters. The Balaban J connectivity index is 3.21. The van der Waals surface area contributed by atoms with E-state index in [9.17, 15) is 5.11 Å². The van der Waals surface area contributed by atoms with Gasteiger partial charge < -0.3 is 0 Å². The van der Waals surface area contributed by atoms with Crippen molar-refractivity contribution in [2.45, 2.75) is 13.8 Å². The predicted octanol–water partition coefficient (Wildman–Crippen LogP) is -1.10. The number of aromatic hydroxyl groups is 1. The molecule has 0 spiro atoms. The number of halogens is 1. The molecule has 0 aromatic heterocycles. The summed E-state index contributed by atoms with van der Waals surface area (Å²) in [5.74, 6) is 0.450. The maximum absolute atomic E-state index is 9.44. The van der Waals surface area contributed by atoms with Gasteiger partial charge in [0.15, 0.2) is 0 Å². The molecule has 2 heteroatoms. The molecule has 0 aliphatic rings. The third kappa shape index (κ3) is 1.86. The first kappa shape index (κ1) is 8.84. The van der Waals surface area contributed by atoms with Crippen molar-refractivity contribution in [2.24, 2.45) is 0 Å². The Morgan fingerprint density at radius 2 is 1.64 bits per heavy atom. The summed E-state index contributed by atoms with van der Waals surface area (Å²) in [7, 11) is 0. The van der Waals surface area contributed by atoms with Crippen LogP contribution in [0, 0.1) is 17.4 Å². The monoisotopic (exact) mass is 263 g/mol. The number of aryl methyl sites for hydroxylation is 2. The fourth-order valence-electron chi connectivity index (χ4n) is 1.01. The van der Waals surface area contributed by atoms with Gasteiger partial charge in [-0.1, -0.05) is 0 Å². The van der Waals surface area contributed by atoms with E-state index in [1.165, 1.54) is 3.57 Å². The summed E-state index contributed by atoms with van der Waals surface area (Å²) < 4.78 is 1.40. The fraction of sp³-hybridized carbons (Fsp3) is 0.333. The van der Waals surface area contributed by atoms with Crippen LogP contribution in [0.25, 0.3) is 0 Å². The van der Waals surface area contributed by atoms with E-state index >= 15 is 0 Å². The summed E-state index contributed by atoms with van der Waals surface area (Å²) in [5, 5.41) is 9.44. The van der Waals surface area contributed by atoms with Gasteiger partial charge in [-0.05, 0) is 0 Å². The quantitative estimate of drug-likeness (QED) is 0.503. The predicted molar refractivity (Wildman–Crippen MR) is 42.2 cm³/mol. The first-order chi connectivity index (χ1) is 5.15. The second-order valence-corrected chi connectivity index (χ2v) is 4.90. The van der Waals surface area contributed by atoms with Crippen molar-refractivity contribution in [3.8, 4) is 5.75 Å². The standard InChI is InChI=1S/C9H12IO/c1-6-4-8(10-3)5-7(2)9(6)11/h4-5,11H,1-3H3/q-1. The van der Waals surface area contributed by atoms with Crippen LogP contribution in [0.5, 0.6) is 5.75 Å².